The van der Waals surface area contributed by atoms with Crippen molar-refractivity contribution in [1.29, 1.82) is 0 Å². The van der Waals surface area contributed by atoms with Crippen LogP contribution in [0.15, 0.2) is 17.5 Å². The van der Waals surface area contributed by atoms with Crippen molar-refractivity contribution < 1.29 is 0 Å². The first-order valence-corrected chi connectivity index (χ1v) is 7.82. The number of aryl methyl sites for hydroxylation is 1. The highest BCUT2D eigenvalue weighted by molar-refractivity contribution is 7.13. The molecule has 1 atom stereocenters. The largest absolute Gasteiger partial charge is 0.317 e. The molecule has 5 nitrogen and oxygen atoms in total. The summed E-state index contributed by atoms with van der Waals surface area (Å²) in [6.45, 7) is 3.19. The molecule has 102 valence electrons. The molecule has 6 heteroatoms. The highest BCUT2D eigenvalue weighted by atomic mass is 32.1. The quantitative estimate of drug-likeness (QED) is 0.930. The monoisotopic (exact) mass is 277 g/mol. The average Bonchev–Trinajstić information content (AvgIpc) is 3.04. The molecule has 0 aromatic carbocycles. The van der Waals surface area contributed by atoms with Gasteiger partial charge in [0.25, 0.3) is 0 Å². The van der Waals surface area contributed by atoms with E-state index in [9.17, 15) is 0 Å². The minimum absolute atomic E-state index is 0.748. The molecule has 1 saturated heterocycles. The summed E-state index contributed by atoms with van der Waals surface area (Å²) in [5, 5.41) is 18.2. The van der Waals surface area contributed by atoms with Crippen LogP contribution in [0.3, 0.4) is 0 Å². The van der Waals surface area contributed by atoms with Gasteiger partial charge in [0.15, 0.2) is 0 Å². The summed E-state index contributed by atoms with van der Waals surface area (Å²) in [7, 11) is 0. The molecule has 1 N–H and O–H groups in total. The number of hydrogen-bond donors (Lipinski definition) is 1. The Kier molecular flexibility index (Phi) is 4.20. The molecule has 0 spiro atoms. The number of thiophene rings is 1. The topological polar surface area (TPSA) is 55.6 Å². The van der Waals surface area contributed by atoms with Crippen molar-refractivity contribution in [2.75, 3.05) is 13.1 Å². The Bertz CT molecular complexity index is 485. The zero-order valence-electron chi connectivity index (χ0n) is 11.0. The van der Waals surface area contributed by atoms with E-state index in [1.165, 1.54) is 25.8 Å². The maximum atomic E-state index is 4.45. The zero-order chi connectivity index (χ0) is 12.9. The van der Waals surface area contributed by atoms with Crippen molar-refractivity contribution >= 4 is 11.3 Å². The van der Waals surface area contributed by atoms with Crippen LogP contribution in [0.5, 0.6) is 0 Å². The van der Waals surface area contributed by atoms with Crippen molar-refractivity contribution in [3.63, 3.8) is 0 Å². The molecule has 2 aromatic rings. The molecule has 1 unspecified atom stereocenters. The summed E-state index contributed by atoms with van der Waals surface area (Å²) >= 11 is 1.65. The Labute approximate surface area is 117 Å². The van der Waals surface area contributed by atoms with Crippen LogP contribution in [0.1, 0.15) is 25.7 Å². The minimum Gasteiger partial charge on any atom is -0.317 e. The van der Waals surface area contributed by atoms with Crippen molar-refractivity contribution in [3.05, 3.63) is 17.5 Å². The molecule has 0 amide bonds. The van der Waals surface area contributed by atoms with Gasteiger partial charge in [0.2, 0.25) is 5.82 Å². The number of aromatic nitrogens is 4. The van der Waals surface area contributed by atoms with Crippen LogP contribution < -0.4 is 5.32 Å². The molecule has 0 radical (unpaired) electrons. The molecule has 0 aliphatic carbocycles. The maximum Gasteiger partial charge on any atom is 0.214 e. The second-order valence-corrected chi connectivity index (χ2v) is 5.97. The highest BCUT2D eigenvalue weighted by Crippen LogP contribution is 2.20. The fourth-order valence-corrected chi connectivity index (χ4v) is 3.17. The predicted molar refractivity (Wildman–Crippen MR) is 76.0 cm³/mol. The minimum atomic E-state index is 0.748. The van der Waals surface area contributed by atoms with E-state index in [0.29, 0.717) is 0 Å². The molecule has 0 bridgehead atoms. The van der Waals surface area contributed by atoms with Gasteiger partial charge in [-0.3, -0.25) is 0 Å². The SMILES string of the molecule is c1csc(-c2nnn(CCC3CCCNCC3)n2)c1. The zero-order valence-corrected chi connectivity index (χ0v) is 11.8. The van der Waals surface area contributed by atoms with E-state index in [0.717, 1.165) is 36.1 Å². The Balaban J connectivity index is 1.55. The molecule has 2 aromatic heterocycles. The van der Waals surface area contributed by atoms with Gasteiger partial charge < -0.3 is 5.32 Å². The van der Waals surface area contributed by atoms with Gasteiger partial charge in [-0.2, -0.15) is 4.80 Å². The fourth-order valence-electron chi connectivity index (χ4n) is 2.52. The summed E-state index contributed by atoms with van der Waals surface area (Å²) in [6.07, 6.45) is 5.03. The normalized spacial score (nSPS) is 20.3. The number of hydrogen-bond acceptors (Lipinski definition) is 5. The molecule has 1 aliphatic heterocycles. The first-order valence-electron chi connectivity index (χ1n) is 6.94. The van der Waals surface area contributed by atoms with Crippen molar-refractivity contribution in [1.82, 2.24) is 25.5 Å². The summed E-state index contributed by atoms with van der Waals surface area (Å²) < 4.78 is 0. The summed E-state index contributed by atoms with van der Waals surface area (Å²) in [4.78, 5) is 2.83. The lowest BCUT2D eigenvalue weighted by Crippen LogP contribution is -2.14. The first kappa shape index (κ1) is 12.7. The Morgan fingerprint density at radius 2 is 2.37 bits per heavy atom. The lowest BCUT2D eigenvalue weighted by molar-refractivity contribution is 0.376. The van der Waals surface area contributed by atoms with Crippen molar-refractivity contribution in [2.45, 2.75) is 32.2 Å². The van der Waals surface area contributed by atoms with Crippen LogP contribution in [0.25, 0.3) is 10.7 Å². The fraction of sp³-hybridized carbons (Fsp3) is 0.615. The van der Waals surface area contributed by atoms with E-state index in [1.807, 2.05) is 17.5 Å². The molecule has 3 rings (SSSR count). The molecular formula is C13H19N5S. The van der Waals surface area contributed by atoms with Crippen LogP contribution >= 0.6 is 11.3 Å². The van der Waals surface area contributed by atoms with Gasteiger partial charge in [0.05, 0.1) is 11.4 Å². The smallest absolute Gasteiger partial charge is 0.214 e. The third kappa shape index (κ3) is 3.39. The van der Waals surface area contributed by atoms with E-state index < -0.39 is 0 Å². The summed E-state index contributed by atoms with van der Waals surface area (Å²) in [6, 6.07) is 4.04. The van der Waals surface area contributed by atoms with E-state index in [4.69, 9.17) is 0 Å². The maximum absolute atomic E-state index is 4.45. The molecule has 0 saturated carbocycles. The van der Waals surface area contributed by atoms with Gasteiger partial charge in [0.1, 0.15) is 0 Å². The standard InChI is InChI=1S/C13H19N5S/c1-3-11(5-8-14-7-1)6-9-18-16-13(15-17-18)12-4-2-10-19-12/h2,4,10-11,14H,1,3,5-9H2. The summed E-state index contributed by atoms with van der Waals surface area (Å²) in [5.74, 6) is 1.55. The molecule has 1 fully saturated rings. The number of nitrogens with zero attached hydrogens (tertiary/aromatic N) is 4. The van der Waals surface area contributed by atoms with Crippen LogP contribution in [0.2, 0.25) is 0 Å². The Hall–Kier alpha value is -1.27. The van der Waals surface area contributed by atoms with E-state index in [-0.39, 0.29) is 0 Å². The second-order valence-electron chi connectivity index (χ2n) is 5.02. The van der Waals surface area contributed by atoms with Crippen molar-refractivity contribution in [2.24, 2.45) is 5.92 Å². The molecule has 1 aliphatic rings. The molecular weight excluding hydrogens is 258 g/mol. The van der Waals surface area contributed by atoms with Crippen LogP contribution in [-0.4, -0.2) is 33.3 Å². The molecule has 3 heterocycles. The van der Waals surface area contributed by atoms with E-state index in [1.54, 1.807) is 16.1 Å². The van der Waals surface area contributed by atoms with Gasteiger partial charge in [-0.1, -0.05) is 6.07 Å². The van der Waals surface area contributed by atoms with Crippen LogP contribution in [0.4, 0.5) is 0 Å². The number of nitrogens with one attached hydrogen (secondary N) is 1. The van der Waals surface area contributed by atoms with Gasteiger partial charge >= 0.3 is 0 Å². The summed E-state index contributed by atoms with van der Waals surface area (Å²) in [5.41, 5.74) is 0. The van der Waals surface area contributed by atoms with E-state index in [2.05, 4.69) is 20.7 Å². The molecule has 19 heavy (non-hydrogen) atoms. The van der Waals surface area contributed by atoms with Crippen LogP contribution in [-0.2, 0) is 6.54 Å². The average molecular weight is 277 g/mol. The first-order chi connectivity index (χ1) is 9.42. The number of rotatable bonds is 4. The predicted octanol–water partition coefficient (Wildman–Crippen LogP) is 2.18. The van der Waals surface area contributed by atoms with Crippen molar-refractivity contribution in [3.8, 4) is 10.7 Å². The highest BCUT2D eigenvalue weighted by Gasteiger charge is 2.13. The van der Waals surface area contributed by atoms with Gasteiger partial charge in [-0.15, -0.1) is 21.5 Å². The van der Waals surface area contributed by atoms with Gasteiger partial charge in [-0.25, -0.2) is 0 Å². The van der Waals surface area contributed by atoms with Gasteiger partial charge in [0, 0.05) is 0 Å². The Morgan fingerprint density at radius 1 is 1.37 bits per heavy atom. The Morgan fingerprint density at radius 3 is 3.26 bits per heavy atom. The lowest BCUT2D eigenvalue weighted by Gasteiger charge is -2.11. The van der Waals surface area contributed by atoms with Crippen LogP contribution in [0, 0.1) is 5.92 Å². The third-order valence-electron chi connectivity index (χ3n) is 3.63. The van der Waals surface area contributed by atoms with E-state index >= 15 is 0 Å². The lowest BCUT2D eigenvalue weighted by atomic mass is 9.97. The second kappa shape index (κ2) is 6.25. The number of tetrazole rings is 1. The third-order valence-corrected chi connectivity index (χ3v) is 4.49. The van der Waals surface area contributed by atoms with Gasteiger partial charge in [-0.05, 0) is 61.4 Å².